The summed E-state index contributed by atoms with van der Waals surface area (Å²) >= 11 is 1.23. The van der Waals surface area contributed by atoms with Crippen molar-refractivity contribution in [1.82, 2.24) is 19.7 Å². The molecule has 0 atom stereocenters. The average molecular weight is 497 g/mol. The van der Waals surface area contributed by atoms with Crippen molar-refractivity contribution in [2.75, 3.05) is 30.0 Å². The molecule has 0 radical (unpaired) electrons. The molecule has 2 N–H and O–H groups in total. The zero-order valence-electron chi connectivity index (χ0n) is 19.3. The second-order valence-corrected chi connectivity index (χ2v) is 9.22. The van der Waals surface area contributed by atoms with Crippen LogP contribution in [-0.4, -0.2) is 56.7 Å². The van der Waals surface area contributed by atoms with E-state index in [1.807, 2.05) is 22.8 Å². The molecule has 3 amide bonds. The van der Waals surface area contributed by atoms with Crippen LogP contribution in [0.1, 0.15) is 31.5 Å². The number of rotatable bonds is 9. The van der Waals surface area contributed by atoms with E-state index in [9.17, 15) is 18.8 Å². The van der Waals surface area contributed by atoms with E-state index in [-0.39, 0.29) is 30.0 Å². The van der Waals surface area contributed by atoms with E-state index in [1.165, 1.54) is 47.9 Å². The molecule has 0 aliphatic heterocycles. The number of nitrogens with one attached hydrogen (secondary N) is 2. The van der Waals surface area contributed by atoms with Crippen LogP contribution in [0.3, 0.4) is 0 Å². The molecule has 4 rings (SSSR count). The van der Waals surface area contributed by atoms with E-state index in [1.54, 1.807) is 13.1 Å². The zero-order chi connectivity index (χ0) is 24.9. The Labute approximate surface area is 206 Å². The van der Waals surface area contributed by atoms with Gasteiger partial charge in [-0.3, -0.25) is 19.0 Å². The minimum atomic E-state index is -0.396. The number of hydrogen-bond donors (Lipinski definition) is 2. The fourth-order valence-corrected chi connectivity index (χ4v) is 4.32. The lowest BCUT2D eigenvalue weighted by Gasteiger charge is -2.17. The van der Waals surface area contributed by atoms with Gasteiger partial charge < -0.3 is 15.5 Å². The summed E-state index contributed by atoms with van der Waals surface area (Å²) < 4.78 is 14.9. The maximum atomic E-state index is 13.0. The number of likely N-dealkylation sites (N-methyl/N-ethyl adjacent to an activating group) is 1. The summed E-state index contributed by atoms with van der Waals surface area (Å²) in [5, 5.41) is 14.6. The first-order valence-corrected chi connectivity index (χ1v) is 12.0. The molecular formula is C24H25FN6O3S. The van der Waals surface area contributed by atoms with Crippen LogP contribution in [-0.2, 0) is 14.4 Å². The van der Waals surface area contributed by atoms with E-state index < -0.39 is 5.82 Å². The predicted molar refractivity (Wildman–Crippen MR) is 131 cm³/mol. The largest absolute Gasteiger partial charge is 0.336 e. The molecule has 3 aromatic rings. The SMILES string of the molecule is CC(=O)Nc1cccc(-n2c(SCC(=O)N(C)CC(=O)Nc3ccc(F)cc3)nnc2C2CC2)c1. The van der Waals surface area contributed by atoms with Crippen LogP contribution < -0.4 is 10.6 Å². The molecule has 9 nitrogen and oxygen atoms in total. The number of nitrogens with zero attached hydrogens (tertiary/aromatic N) is 4. The van der Waals surface area contributed by atoms with Gasteiger partial charge in [-0.15, -0.1) is 10.2 Å². The van der Waals surface area contributed by atoms with Crippen LogP contribution in [0.2, 0.25) is 0 Å². The normalized spacial score (nSPS) is 12.8. The molecule has 0 bridgehead atoms. The third-order valence-corrected chi connectivity index (χ3v) is 6.20. The first-order valence-electron chi connectivity index (χ1n) is 11.1. The summed E-state index contributed by atoms with van der Waals surface area (Å²) in [6.07, 6.45) is 2.05. The Kier molecular flexibility index (Phi) is 7.45. The van der Waals surface area contributed by atoms with Crippen LogP contribution in [0.15, 0.2) is 53.7 Å². The molecule has 0 unspecified atom stereocenters. The van der Waals surface area contributed by atoms with Gasteiger partial charge in [0.2, 0.25) is 17.7 Å². The summed E-state index contributed by atoms with van der Waals surface area (Å²) in [5.41, 5.74) is 1.91. The molecule has 1 saturated carbocycles. The van der Waals surface area contributed by atoms with E-state index in [0.29, 0.717) is 22.4 Å². The Hall–Kier alpha value is -3.73. The topological polar surface area (TPSA) is 109 Å². The number of aromatic nitrogens is 3. The lowest BCUT2D eigenvalue weighted by atomic mass is 10.2. The molecule has 1 aliphatic carbocycles. The fourth-order valence-electron chi connectivity index (χ4n) is 3.42. The second kappa shape index (κ2) is 10.7. The van der Waals surface area contributed by atoms with Crippen molar-refractivity contribution in [3.63, 3.8) is 0 Å². The minimum Gasteiger partial charge on any atom is -0.336 e. The van der Waals surface area contributed by atoms with Crippen LogP contribution in [0, 0.1) is 5.82 Å². The van der Waals surface area contributed by atoms with Crippen LogP contribution >= 0.6 is 11.8 Å². The summed E-state index contributed by atoms with van der Waals surface area (Å²) in [4.78, 5) is 37.7. The zero-order valence-corrected chi connectivity index (χ0v) is 20.1. The first-order chi connectivity index (χ1) is 16.8. The Morgan fingerprint density at radius 2 is 1.83 bits per heavy atom. The highest BCUT2D eigenvalue weighted by atomic mass is 32.2. The van der Waals surface area contributed by atoms with Crippen molar-refractivity contribution in [2.24, 2.45) is 0 Å². The van der Waals surface area contributed by atoms with Gasteiger partial charge in [0.25, 0.3) is 0 Å². The molecule has 182 valence electrons. The lowest BCUT2D eigenvalue weighted by molar-refractivity contribution is -0.131. The number of carbonyl (C=O) groups is 3. The summed E-state index contributed by atoms with van der Waals surface area (Å²) in [7, 11) is 1.55. The van der Waals surface area contributed by atoms with Crippen molar-refractivity contribution < 1.29 is 18.8 Å². The Balaban J connectivity index is 1.41. The molecular weight excluding hydrogens is 471 g/mol. The first kappa shape index (κ1) is 24.4. The van der Waals surface area contributed by atoms with Gasteiger partial charge in [0, 0.05) is 31.3 Å². The molecule has 1 aromatic heterocycles. The second-order valence-electron chi connectivity index (χ2n) is 8.28. The highest BCUT2D eigenvalue weighted by Crippen LogP contribution is 2.41. The fraction of sp³-hybridized carbons (Fsp3) is 0.292. The molecule has 35 heavy (non-hydrogen) atoms. The van der Waals surface area contributed by atoms with Crippen LogP contribution in [0.5, 0.6) is 0 Å². The molecule has 1 heterocycles. The minimum absolute atomic E-state index is 0.0640. The number of carbonyl (C=O) groups excluding carboxylic acids is 3. The van der Waals surface area contributed by atoms with Gasteiger partial charge in [-0.2, -0.15) is 0 Å². The van der Waals surface area contributed by atoms with E-state index in [0.717, 1.165) is 24.4 Å². The number of halogens is 1. The highest BCUT2D eigenvalue weighted by molar-refractivity contribution is 7.99. The number of thioether (sulfide) groups is 1. The smallest absolute Gasteiger partial charge is 0.243 e. The van der Waals surface area contributed by atoms with Gasteiger partial charge in [0.1, 0.15) is 11.6 Å². The molecule has 11 heteroatoms. The molecule has 0 spiro atoms. The van der Waals surface area contributed by atoms with Crippen molar-refractivity contribution in [1.29, 1.82) is 0 Å². The number of amides is 3. The summed E-state index contributed by atoms with van der Waals surface area (Å²) in [5.74, 6) is 0.00737. The maximum Gasteiger partial charge on any atom is 0.243 e. The third-order valence-electron chi connectivity index (χ3n) is 5.28. The van der Waals surface area contributed by atoms with E-state index >= 15 is 0 Å². The van der Waals surface area contributed by atoms with Crippen LogP contribution in [0.4, 0.5) is 15.8 Å². The van der Waals surface area contributed by atoms with Gasteiger partial charge in [-0.25, -0.2) is 4.39 Å². The average Bonchev–Trinajstić information content (AvgIpc) is 3.57. The maximum absolute atomic E-state index is 13.0. The van der Waals surface area contributed by atoms with Crippen molar-refractivity contribution in [3.8, 4) is 5.69 Å². The Morgan fingerprint density at radius 1 is 1.09 bits per heavy atom. The third kappa shape index (κ3) is 6.44. The number of anilines is 2. The summed E-state index contributed by atoms with van der Waals surface area (Å²) in [6, 6.07) is 12.8. The molecule has 1 fully saturated rings. The predicted octanol–water partition coefficient (Wildman–Crippen LogP) is 3.43. The lowest BCUT2D eigenvalue weighted by Crippen LogP contribution is -2.36. The molecule has 1 aliphatic rings. The number of hydrogen-bond acceptors (Lipinski definition) is 6. The molecule has 2 aromatic carbocycles. The van der Waals surface area contributed by atoms with Gasteiger partial charge in [-0.05, 0) is 55.3 Å². The van der Waals surface area contributed by atoms with E-state index in [2.05, 4.69) is 20.8 Å². The van der Waals surface area contributed by atoms with Crippen molar-refractivity contribution in [2.45, 2.75) is 30.8 Å². The monoisotopic (exact) mass is 496 g/mol. The summed E-state index contributed by atoms with van der Waals surface area (Å²) in [6.45, 7) is 1.31. The van der Waals surface area contributed by atoms with E-state index in [4.69, 9.17) is 0 Å². The van der Waals surface area contributed by atoms with Crippen molar-refractivity contribution in [3.05, 3.63) is 60.2 Å². The van der Waals surface area contributed by atoms with Gasteiger partial charge in [0.05, 0.1) is 18.0 Å². The Morgan fingerprint density at radius 3 is 2.51 bits per heavy atom. The molecule has 0 saturated heterocycles. The standard InChI is InChI=1S/C24H25FN6O3S/c1-15(32)26-19-4-3-5-20(12-19)31-23(16-6-7-16)28-29-24(31)35-14-22(34)30(2)13-21(33)27-18-10-8-17(25)9-11-18/h3-5,8-12,16H,6-7,13-14H2,1-2H3,(H,26,32)(H,27,33). The van der Waals surface area contributed by atoms with Gasteiger partial charge >= 0.3 is 0 Å². The number of benzene rings is 2. The highest BCUT2D eigenvalue weighted by Gasteiger charge is 2.31. The van der Waals surface area contributed by atoms with Crippen molar-refractivity contribution >= 4 is 40.9 Å². The van der Waals surface area contributed by atoms with Gasteiger partial charge in [-0.1, -0.05) is 17.8 Å². The Bertz CT molecular complexity index is 1240. The van der Waals surface area contributed by atoms with Crippen LogP contribution in [0.25, 0.3) is 5.69 Å². The van der Waals surface area contributed by atoms with Gasteiger partial charge in [0.15, 0.2) is 5.16 Å². The quantitative estimate of drug-likeness (QED) is 0.440.